The molecule has 0 rings (SSSR count). The Kier molecular flexibility index (Phi) is 11.3. The Hall–Kier alpha value is 0.0969. The zero-order valence-corrected chi connectivity index (χ0v) is 14.0. The molecule has 0 aromatic rings. The van der Waals surface area contributed by atoms with Crippen LogP contribution in [-0.4, -0.2) is 51.9 Å². The van der Waals surface area contributed by atoms with Crippen molar-refractivity contribution in [3.63, 3.8) is 0 Å². The van der Waals surface area contributed by atoms with E-state index in [1.807, 2.05) is 0 Å². The maximum atomic E-state index is 3.85. The van der Waals surface area contributed by atoms with Crippen LogP contribution in [0.4, 0.5) is 0 Å². The Morgan fingerprint density at radius 1 is 0.882 bits per heavy atom. The Morgan fingerprint density at radius 3 is 1.71 bits per heavy atom. The van der Waals surface area contributed by atoms with Crippen molar-refractivity contribution in [3.05, 3.63) is 0 Å². The standard InChI is InChI=1S/C13H33N3Si/c1-6-11-12-17-14-13(15(7-2)8-3)16(9-4)10-5/h13-14H,6-12,17H2,1-5H3. The van der Waals surface area contributed by atoms with Gasteiger partial charge in [0, 0.05) is 0 Å². The number of unbranched alkanes of at least 4 members (excludes halogenated alkanes) is 1. The molecule has 0 aliphatic rings. The van der Waals surface area contributed by atoms with Gasteiger partial charge in [-0.05, 0) is 32.2 Å². The number of rotatable bonds is 11. The van der Waals surface area contributed by atoms with Gasteiger partial charge in [0.25, 0.3) is 0 Å². The highest BCUT2D eigenvalue weighted by molar-refractivity contribution is 6.32. The maximum absolute atomic E-state index is 3.85. The van der Waals surface area contributed by atoms with E-state index in [4.69, 9.17) is 0 Å². The lowest BCUT2D eigenvalue weighted by Crippen LogP contribution is -2.57. The van der Waals surface area contributed by atoms with Gasteiger partial charge < -0.3 is 4.98 Å². The summed E-state index contributed by atoms with van der Waals surface area (Å²) in [6.45, 7) is 15.8. The van der Waals surface area contributed by atoms with E-state index >= 15 is 0 Å². The summed E-state index contributed by atoms with van der Waals surface area (Å²) in [4.78, 5) is 8.92. The van der Waals surface area contributed by atoms with Crippen molar-refractivity contribution in [1.82, 2.24) is 14.8 Å². The van der Waals surface area contributed by atoms with E-state index in [-0.39, 0.29) is 9.68 Å². The summed E-state index contributed by atoms with van der Waals surface area (Å²) in [5.41, 5.74) is 0. The van der Waals surface area contributed by atoms with Crippen molar-refractivity contribution >= 4 is 9.68 Å². The maximum Gasteiger partial charge on any atom is 0.110 e. The average Bonchev–Trinajstić information content (AvgIpc) is 2.36. The van der Waals surface area contributed by atoms with Crippen LogP contribution in [0.3, 0.4) is 0 Å². The minimum Gasteiger partial charge on any atom is -0.316 e. The van der Waals surface area contributed by atoms with E-state index in [1.54, 1.807) is 0 Å². The monoisotopic (exact) mass is 259 g/mol. The van der Waals surface area contributed by atoms with Crippen LogP contribution in [0.25, 0.3) is 0 Å². The molecule has 17 heavy (non-hydrogen) atoms. The van der Waals surface area contributed by atoms with Crippen LogP contribution in [-0.2, 0) is 0 Å². The van der Waals surface area contributed by atoms with Crippen LogP contribution in [0.2, 0.25) is 6.04 Å². The van der Waals surface area contributed by atoms with Gasteiger partial charge in [0.1, 0.15) is 6.29 Å². The van der Waals surface area contributed by atoms with Gasteiger partial charge in [-0.2, -0.15) is 0 Å². The fourth-order valence-electron chi connectivity index (χ4n) is 2.23. The lowest BCUT2D eigenvalue weighted by molar-refractivity contribution is 0.0478. The largest absolute Gasteiger partial charge is 0.316 e. The minimum atomic E-state index is -0.103. The van der Waals surface area contributed by atoms with E-state index in [9.17, 15) is 0 Å². The SMILES string of the molecule is CCCC[SiH2]NC(N(CC)CC)N(CC)CC. The smallest absolute Gasteiger partial charge is 0.110 e. The summed E-state index contributed by atoms with van der Waals surface area (Å²) in [5, 5.41) is 0. The molecule has 0 saturated heterocycles. The third-order valence-corrected chi connectivity index (χ3v) is 4.93. The van der Waals surface area contributed by atoms with Crippen molar-refractivity contribution in [2.45, 2.75) is 59.8 Å². The summed E-state index contributed by atoms with van der Waals surface area (Å²) in [5.74, 6) is 0. The summed E-state index contributed by atoms with van der Waals surface area (Å²) >= 11 is 0. The molecule has 0 amide bonds. The Balaban J connectivity index is 4.27. The molecule has 0 radical (unpaired) electrons. The molecule has 0 atom stereocenters. The summed E-state index contributed by atoms with van der Waals surface area (Å²) in [6.07, 6.45) is 3.20. The van der Waals surface area contributed by atoms with Crippen molar-refractivity contribution in [3.8, 4) is 0 Å². The molecule has 4 heteroatoms. The molecule has 0 spiro atoms. The van der Waals surface area contributed by atoms with Gasteiger partial charge in [-0.15, -0.1) is 0 Å². The van der Waals surface area contributed by atoms with Crippen LogP contribution in [0, 0.1) is 0 Å². The van der Waals surface area contributed by atoms with Gasteiger partial charge in [0.15, 0.2) is 0 Å². The third kappa shape index (κ3) is 6.55. The predicted molar refractivity (Wildman–Crippen MR) is 81.0 cm³/mol. The lowest BCUT2D eigenvalue weighted by Gasteiger charge is -2.38. The molecule has 0 unspecified atom stereocenters. The molecule has 0 aromatic heterocycles. The predicted octanol–water partition coefficient (Wildman–Crippen LogP) is 1.85. The Bertz CT molecular complexity index is 147. The van der Waals surface area contributed by atoms with E-state index in [1.165, 1.54) is 18.9 Å². The molecule has 0 bridgehead atoms. The highest BCUT2D eigenvalue weighted by atomic mass is 28.2. The zero-order valence-electron chi connectivity index (χ0n) is 12.6. The molecule has 3 nitrogen and oxygen atoms in total. The normalized spacial score (nSPS) is 12.7. The van der Waals surface area contributed by atoms with Gasteiger partial charge in [0.05, 0.1) is 9.68 Å². The van der Waals surface area contributed by atoms with Crippen molar-refractivity contribution in [1.29, 1.82) is 0 Å². The topological polar surface area (TPSA) is 18.5 Å². The lowest BCUT2D eigenvalue weighted by atomic mass is 10.4. The fourth-order valence-corrected chi connectivity index (χ4v) is 3.96. The molecule has 0 aliphatic carbocycles. The third-order valence-electron chi connectivity index (χ3n) is 3.42. The number of hydrogen-bond acceptors (Lipinski definition) is 3. The second kappa shape index (κ2) is 11.2. The quantitative estimate of drug-likeness (QED) is 0.347. The molecule has 0 aliphatic heterocycles. The molecule has 0 aromatic carbocycles. The van der Waals surface area contributed by atoms with Crippen molar-refractivity contribution in [2.75, 3.05) is 26.2 Å². The summed E-state index contributed by atoms with van der Waals surface area (Å²) in [7, 11) is -0.103. The second-order valence-electron chi connectivity index (χ2n) is 4.48. The number of hydrogen-bond donors (Lipinski definition) is 1. The Labute approximate surface area is 111 Å². The summed E-state index contributed by atoms with van der Waals surface area (Å²) < 4.78 is 0. The number of nitrogens with one attached hydrogen (secondary N) is 1. The molecule has 104 valence electrons. The zero-order chi connectivity index (χ0) is 13.1. The fraction of sp³-hybridized carbons (Fsp3) is 1.00. The first-order valence-corrected chi connectivity index (χ1v) is 9.17. The molecular formula is C13H33N3Si. The average molecular weight is 260 g/mol. The Morgan fingerprint density at radius 2 is 1.35 bits per heavy atom. The van der Waals surface area contributed by atoms with Crippen LogP contribution in [0.15, 0.2) is 0 Å². The van der Waals surface area contributed by atoms with E-state index in [0.717, 1.165) is 26.2 Å². The van der Waals surface area contributed by atoms with E-state index in [2.05, 4.69) is 49.4 Å². The first-order valence-electron chi connectivity index (χ1n) is 7.46. The van der Waals surface area contributed by atoms with E-state index in [0.29, 0.717) is 6.29 Å². The van der Waals surface area contributed by atoms with Gasteiger partial charge >= 0.3 is 0 Å². The van der Waals surface area contributed by atoms with Crippen LogP contribution in [0.1, 0.15) is 47.5 Å². The second-order valence-corrected chi connectivity index (χ2v) is 6.09. The van der Waals surface area contributed by atoms with E-state index < -0.39 is 0 Å². The van der Waals surface area contributed by atoms with Crippen LogP contribution < -0.4 is 4.98 Å². The highest BCUT2D eigenvalue weighted by Gasteiger charge is 2.19. The van der Waals surface area contributed by atoms with Gasteiger partial charge in [-0.25, -0.2) is 0 Å². The van der Waals surface area contributed by atoms with Crippen molar-refractivity contribution in [2.24, 2.45) is 0 Å². The molecule has 0 fully saturated rings. The molecule has 0 saturated carbocycles. The molecular weight excluding hydrogens is 226 g/mol. The van der Waals surface area contributed by atoms with Gasteiger partial charge in [-0.1, -0.05) is 47.5 Å². The first-order chi connectivity index (χ1) is 8.24. The van der Waals surface area contributed by atoms with Crippen molar-refractivity contribution < 1.29 is 0 Å². The highest BCUT2D eigenvalue weighted by Crippen LogP contribution is 2.03. The first kappa shape index (κ1) is 17.1. The molecule has 1 N–H and O–H groups in total. The minimum absolute atomic E-state index is 0.103. The number of nitrogens with zero attached hydrogens (tertiary/aromatic N) is 2. The van der Waals surface area contributed by atoms with Crippen LogP contribution in [0.5, 0.6) is 0 Å². The van der Waals surface area contributed by atoms with Crippen LogP contribution >= 0.6 is 0 Å². The van der Waals surface area contributed by atoms with Gasteiger partial charge in [0.2, 0.25) is 0 Å². The van der Waals surface area contributed by atoms with Gasteiger partial charge in [-0.3, -0.25) is 9.80 Å². The summed E-state index contributed by atoms with van der Waals surface area (Å²) in [6, 6.07) is 1.43. The molecule has 0 heterocycles.